The van der Waals surface area contributed by atoms with Crippen LogP contribution in [0.1, 0.15) is 37.1 Å². The summed E-state index contributed by atoms with van der Waals surface area (Å²) in [7, 11) is 0. The van der Waals surface area contributed by atoms with Gasteiger partial charge in [-0.25, -0.2) is 14.2 Å². The summed E-state index contributed by atoms with van der Waals surface area (Å²) in [5.74, 6) is -1.54. The van der Waals surface area contributed by atoms with Crippen LogP contribution in [-0.4, -0.2) is 26.5 Å². The summed E-state index contributed by atoms with van der Waals surface area (Å²) < 4.78 is 16.4. The number of carbonyl (C=O) groups is 2. The lowest BCUT2D eigenvalue weighted by molar-refractivity contribution is -0.115. The molecule has 0 aliphatic heterocycles. The van der Waals surface area contributed by atoms with Crippen molar-refractivity contribution in [3.63, 3.8) is 0 Å². The van der Waals surface area contributed by atoms with Crippen molar-refractivity contribution in [1.82, 2.24) is 9.55 Å². The third-order valence-electron chi connectivity index (χ3n) is 4.01. The molecule has 0 fully saturated rings. The Morgan fingerprint density at radius 3 is 2.35 bits per heavy atom. The monoisotopic (exact) mass is 465 g/mol. The number of imidazole rings is 1. The number of amides is 1. The maximum atomic E-state index is 14.8. The molecule has 0 aliphatic carbocycles. The summed E-state index contributed by atoms with van der Waals surface area (Å²) in [6.07, 6.45) is 0.509. The first-order valence-corrected chi connectivity index (χ1v) is 10.1. The van der Waals surface area contributed by atoms with Crippen molar-refractivity contribution >= 4 is 35.1 Å². The van der Waals surface area contributed by atoms with E-state index in [4.69, 9.17) is 23.2 Å². The van der Waals surface area contributed by atoms with Crippen LogP contribution in [0.15, 0.2) is 42.5 Å². The van der Waals surface area contributed by atoms with Gasteiger partial charge in [0.2, 0.25) is 5.91 Å². The maximum Gasteiger partial charge on any atom is 0.356 e. The summed E-state index contributed by atoms with van der Waals surface area (Å²) >= 11 is 12.1. The predicted octanol–water partition coefficient (Wildman–Crippen LogP) is 5.37. The van der Waals surface area contributed by atoms with Crippen molar-refractivity contribution in [2.75, 3.05) is 0 Å². The van der Waals surface area contributed by atoms with Crippen LogP contribution in [0.25, 0.3) is 16.9 Å². The molecule has 1 heterocycles. The number of carboxylic acids is 1. The van der Waals surface area contributed by atoms with Crippen molar-refractivity contribution in [3.05, 3.63) is 69.8 Å². The van der Waals surface area contributed by atoms with Crippen molar-refractivity contribution in [1.29, 1.82) is 0 Å². The molecule has 9 heteroatoms. The van der Waals surface area contributed by atoms with Gasteiger partial charge >= 0.3 is 5.97 Å². The Morgan fingerprint density at radius 1 is 1.19 bits per heavy atom. The molecule has 0 aliphatic rings. The van der Waals surface area contributed by atoms with Crippen molar-refractivity contribution in [2.24, 2.45) is 11.7 Å². The van der Waals surface area contributed by atoms with Crippen LogP contribution in [-0.2, 0) is 11.2 Å². The minimum atomic E-state index is -1.24. The molecule has 1 aromatic heterocycles. The summed E-state index contributed by atoms with van der Waals surface area (Å²) in [6, 6.07) is 11.4. The molecule has 0 unspecified atom stereocenters. The minimum Gasteiger partial charge on any atom is -0.476 e. The summed E-state index contributed by atoms with van der Waals surface area (Å²) in [5.41, 5.74) is 5.06. The second kappa shape index (κ2) is 10.4. The van der Waals surface area contributed by atoms with E-state index in [2.05, 4.69) is 10.7 Å². The fraction of sp³-hybridized carbons (Fsp3) is 0.227. The van der Waals surface area contributed by atoms with Gasteiger partial charge in [0, 0.05) is 29.6 Å². The zero-order valence-corrected chi connectivity index (χ0v) is 18.7. The molecule has 3 N–H and O–H groups in total. The largest absolute Gasteiger partial charge is 0.476 e. The number of hydrogen-bond acceptors (Lipinski definition) is 3. The van der Waals surface area contributed by atoms with E-state index >= 15 is 0 Å². The number of halogens is 3. The molecule has 164 valence electrons. The molecule has 0 saturated carbocycles. The van der Waals surface area contributed by atoms with Crippen molar-refractivity contribution in [2.45, 2.75) is 27.2 Å². The van der Waals surface area contributed by atoms with Crippen LogP contribution >= 0.6 is 23.2 Å². The number of nitrogens with zero attached hydrogens (tertiary/aromatic N) is 2. The van der Waals surface area contributed by atoms with Crippen LogP contribution in [0.5, 0.6) is 0 Å². The zero-order valence-electron chi connectivity index (χ0n) is 17.2. The van der Waals surface area contributed by atoms with Gasteiger partial charge in [0.05, 0.1) is 10.7 Å². The highest BCUT2D eigenvalue weighted by molar-refractivity contribution is 6.31. The Bertz CT molecular complexity index is 1110. The normalized spacial score (nSPS) is 10.5. The van der Waals surface area contributed by atoms with E-state index in [0.29, 0.717) is 23.0 Å². The van der Waals surface area contributed by atoms with E-state index in [-0.39, 0.29) is 33.8 Å². The van der Waals surface area contributed by atoms with E-state index in [1.165, 1.54) is 19.1 Å². The van der Waals surface area contributed by atoms with Crippen molar-refractivity contribution in [3.8, 4) is 16.9 Å². The van der Waals surface area contributed by atoms with E-state index in [0.717, 1.165) is 0 Å². The van der Waals surface area contributed by atoms with Gasteiger partial charge in [-0.3, -0.25) is 9.36 Å². The molecule has 0 atom stereocenters. The topological polar surface area (TPSA) is 98.2 Å². The smallest absolute Gasteiger partial charge is 0.356 e. The first-order chi connectivity index (χ1) is 14.5. The lowest BCUT2D eigenvalue weighted by Gasteiger charge is -2.15. The number of aromatic carboxylic acids is 1. The summed E-state index contributed by atoms with van der Waals surface area (Å²) in [4.78, 5) is 25.4. The molecule has 3 rings (SSSR count). The highest BCUT2D eigenvalue weighted by Crippen LogP contribution is 2.34. The Kier molecular flexibility index (Phi) is 8.19. The van der Waals surface area contributed by atoms with Gasteiger partial charge in [0.25, 0.3) is 0 Å². The number of carbonyl (C=O) groups excluding carboxylic acids is 1. The van der Waals surface area contributed by atoms with Crippen LogP contribution in [0.3, 0.4) is 0 Å². The van der Waals surface area contributed by atoms with Gasteiger partial charge in [-0.15, -0.1) is 0 Å². The molecule has 0 saturated heterocycles. The fourth-order valence-electron chi connectivity index (χ4n) is 2.95. The lowest BCUT2D eigenvalue weighted by Crippen LogP contribution is -2.07. The number of rotatable bonds is 5. The van der Waals surface area contributed by atoms with E-state index in [1.54, 1.807) is 34.9 Å². The van der Waals surface area contributed by atoms with Crippen LogP contribution in [0.4, 0.5) is 4.39 Å². The predicted molar refractivity (Wildman–Crippen MR) is 119 cm³/mol. The Balaban J connectivity index is 0.000000785. The SMILES string of the molecule is CC(C)Cc1nc(C(=O)O)c(-c2cccc(Cl)c2F)n1-c1cccc(Cl)c1.CC(N)=O. The van der Waals surface area contributed by atoms with Crippen LogP contribution < -0.4 is 5.73 Å². The highest BCUT2D eigenvalue weighted by Gasteiger charge is 2.27. The maximum absolute atomic E-state index is 14.8. The standard InChI is InChI=1S/C20H17Cl2FN2O2.C2H5NO/c1-11(2)9-16-24-18(20(26)27)19(14-7-4-8-15(22)17(14)23)25(16)13-6-3-5-12(21)10-13;1-2(3)4/h3-8,10-11H,9H2,1-2H3,(H,26,27);1H3,(H2,3,4). The van der Waals surface area contributed by atoms with E-state index in [9.17, 15) is 19.1 Å². The summed E-state index contributed by atoms with van der Waals surface area (Å²) in [6.45, 7) is 5.30. The fourth-order valence-corrected chi connectivity index (χ4v) is 3.31. The molecule has 0 radical (unpaired) electrons. The quantitative estimate of drug-likeness (QED) is 0.528. The molecule has 1 amide bonds. The molecule has 2 aromatic carbocycles. The Morgan fingerprint density at radius 2 is 1.81 bits per heavy atom. The molecule has 3 aromatic rings. The zero-order chi connectivity index (χ0) is 23.3. The third-order valence-corrected chi connectivity index (χ3v) is 4.54. The van der Waals surface area contributed by atoms with Gasteiger partial charge in [0.15, 0.2) is 11.5 Å². The molecular formula is C22H22Cl2FN3O3. The lowest BCUT2D eigenvalue weighted by atomic mass is 10.1. The molecule has 6 nitrogen and oxygen atoms in total. The minimum absolute atomic E-state index is 0.0716. The number of primary amides is 1. The number of benzene rings is 2. The van der Waals surface area contributed by atoms with Gasteiger partial charge in [-0.1, -0.05) is 49.2 Å². The third kappa shape index (κ3) is 6.06. The first kappa shape index (κ1) is 24.4. The van der Waals surface area contributed by atoms with Gasteiger partial charge < -0.3 is 10.8 Å². The number of carboxylic acid groups (broad SMARTS) is 1. The van der Waals surface area contributed by atoms with E-state index < -0.39 is 11.8 Å². The Hall–Kier alpha value is -2.90. The van der Waals surface area contributed by atoms with Crippen LogP contribution in [0.2, 0.25) is 10.0 Å². The Labute approximate surface area is 189 Å². The van der Waals surface area contributed by atoms with Gasteiger partial charge in [-0.05, 0) is 36.2 Å². The first-order valence-electron chi connectivity index (χ1n) is 9.34. The van der Waals surface area contributed by atoms with E-state index in [1.807, 2.05) is 13.8 Å². The van der Waals surface area contributed by atoms with Crippen molar-refractivity contribution < 1.29 is 19.1 Å². The average molecular weight is 466 g/mol. The number of aromatic nitrogens is 2. The number of nitrogens with two attached hydrogens (primary N) is 1. The number of hydrogen-bond donors (Lipinski definition) is 2. The molecule has 0 bridgehead atoms. The average Bonchev–Trinajstić information content (AvgIpc) is 3.02. The van der Waals surface area contributed by atoms with Gasteiger partial charge in [-0.2, -0.15) is 0 Å². The summed E-state index contributed by atoms with van der Waals surface area (Å²) in [5, 5.41) is 10.1. The van der Waals surface area contributed by atoms with Gasteiger partial charge in [0.1, 0.15) is 5.82 Å². The second-order valence-electron chi connectivity index (χ2n) is 7.16. The van der Waals surface area contributed by atoms with Crippen LogP contribution in [0, 0.1) is 11.7 Å². The second-order valence-corrected chi connectivity index (χ2v) is 8.00. The molecule has 0 spiro atoms. The molecular weight excluding hydrogens is 444 g/mol. The highest BCUT2D eigenvalue weighted by atomic mass is 35.5. The molecule has 31 heavy (non-hydrogen) atoms.